The second kappa shape index (κ2) is 6.90. The summed E-state index contributed by atoms with van der Waals surface area (Å²) in [6.07, 6.45) is 3.02. The van der Waals surface area contributed by atoms with Crippen LogP contribution in [0.2, 0.25) is 0 Å². The van der Waals surface area contributed by atoms with Gasteiger partial charge < -0.3 is 4.90 Å². The van der Waals surface area contributed by atoms with Gasteiger partial charge in [-0.25, -0.2) is 18.3 Å². The number of nitrogens with zero attached hydrogens (tertiary/aromatic N) is 4. The van der Waals surface area contributed by atoms with Crippen molar-refractivity contribution >= 4 is 5.91 Å². The zero-order valence-corrected chi connectivity index (χ0v) is 15.2. The molecule has 1 fully saturated rings. The van der Waals surface area contributed by atoms with Crippen LogP contribution in [0.25, 0.3) is 0 Å². The van der Waals surface area contributed by atoms with E-state index in [2.05, 4.69) is 12.0 Å². The molecule has 1 amide bonds. The van der Waals surface area contributed by atoms with Crippen LogP contribution in [0.15, 0.2) is 23.0 Å². The van der Waals surface area contributed by atoms with E-state index in [1.54, 1.807) is 0 Å². The molecule has 0 unspecified atom stereocenters. The van der Waals surface area contributed by atoms with Crippen molar-refractivity contribution in [2.75, 3.05) is 13.1 Å². The van der Waals surface area contributed by atoms with Crippen molar-refractivity contribution in [1.29, 1.82) is 0 Å². The standard InChI is InChI=1S/C19H22F2N4O2/c1-12-7-8-23(10-12)18(26)16-3-2-4-17-22-24(19(27)25(16)17)11-13-5-6-14(20)15(21)9-13/h5-6,9,12,16H,2-4,7-8,10-11H2,1H3/t12-,16-/m0/s1. The van der Waals surface area contributed by atoms with Gasteiger partial charge in [0, 0.05) is 19.5 Å². The molecule has 2 aliphatic rings. The predicted octanol–water partition coefficient (Wildman–Crippen LogP) is 2.12. The summed E-state index contributed by atoms with van der Waals surface area (Å²) in [5, 5.41) is 4.35. The number of aromatic nitrogens is 3. The summed E-state index contributed by atoms with van der Waals surface area (Å²) in [5.41, 5.74) is 0.0720. The summed E-state index contributed by atoms with van der Waals surface area (Å²) >= 11 is 0. The monoisotopic (exact) mass is 376 g/mol. The normalized spacial score (nSPS) is 22.1. The highest BCUT2D eigenvalue weighted by Gasteiger charge is 2.35. The van der Waals surface area contributed by atoms with Gasteiger partial charge in [-0.1, -0.05) is 13.0 Å². The van der Waals surface area contributed by atoms with Gasteiger partial charge in [-0.05, 0) is 42.9 Å². The van der Waals surface area contributed by atoms with Crippen molar-refractivity contribution in [3.63, 3.8) is 0 Å². The molecule has 0 saturated carbocycles. The van der Waals surface area contributed by atoms with Crippen LogP contribution in [0.5, 0.6) is 0 Å². The smallest absolute Gasteiger partial charge is 0.341 e. The number of likely N-dealkylation sites (tertiary alicyclic amines) is 1. The number of amides is 1. The van der Waals surface area contributed by atoms with E-state index in [1.807, 2.05) is 4.90 Å². The highest BCUT2D eigenvalue weighted by molar-refractivity contribution is 5.81. The number of carbonyl (C=O) groups is 1. The predicted molar refractivity (Wildman–Crippen MR) is 94.3 cm³/mol. The van der Waals surface area contributed by atoms with Gasteiger partial charge in [0.15, 0.2) is 11.6 Å². The van der Waals surface area contributed by atoms with Crippen molar-refractivity contribution < 1.29 is 13.6 Å². The van der Waals surface area contributed by atoms with E-state index in [0.717, 1.165) is 38.1 Å². The number of hydrogen-bond donors (Lipinski definition) is 0. The Morgan fingerprint density at radius 1 is 1.26 bits per heavy atom. The molecule has 0 radical (unpaired) electrons. The summed E-state index contributed by atoms with van der Waals surface area (Å²) in [6.45, 7) is 3.61. The van der Waals surface area contributed by atoms with Gasteiger partial charge in [0.05, 0.1) is 6.54 Å². The van der Waals surface area contributed by atoms with Crippen LogP contribution >= 0.6 is 0 Å². The maximum Gasteiger partial charge on any atom is 0.346 e. The van der Waals surface area contributed by atoms with Crippen LogP contribution in [0.1, 0.15) is 43.6 Å². The first-order chi connectivity index (χ1) is 12.9. The number of carbonyl (C=O) groups excluding carboxylic acids is 1. The molecule has 0 aliphatic carbocycles. The minimum absolute atomic E-state index is 0.0187. The molecule has 2 atom stereocenters. The Labute approximate surface area is 155 Å². The molecule has 144 valence electrons. The molecule has 1 saturated heterocycles. The molecular formula is C19H22F2N4O2. The van der Waals surface area contributed by atoms with E-state index in [1.165, 1.54) is 15.3 Å². The summed E-state index contributed by atoms with van der Waals surface area (Å²) in [6, 6.07) is 3.00. The van der Waals surface area contributed by atoms with E-state index in [9.17, 15) is 18.4 Å². The van der Waals surface area contributed by atoms with Crippen LogP contribution < -0.4 is 5.69 Å². The Morgan fingerprint density at radius 3 is 2.78 bits per heavy atom. The van der Waals surface area contributed by atoms with Gasteiger partial charge in [0.1, 0.15) is 11.9 Å². The number of aryl methyl sites for hydroxylation is 1. The van der Waals surface area contributed by atoms with E-state index < -0.39 is 17.7 Å². The van der Waals surface area contributed by atoms with Crippen molar-refractivity contribution in [2.24, 2.45) is 5.92 Å². The molecule has 0 spiro atoms. The van der Waals surface area contributed by atoms with Gasteiger partial charge in [-0.3, -0.25) is 9.36 Å². The summed E-state index contributed by atoms with van der Waals surface area (Å²) in [4.78, 5) is 27.7. The number of benzene rings is 1. The SMILES string of the molecule is C[C@H]1CCN(C(=O)[C@@H]2CCCc3nn(Cc4ccc(F)c(F)c4)c(=O)n32)C1. The Kier molecular flexibility index (Phi) is 4.57. The van der Waals surface area contributed by atoms with E-state index in [-0.39, 0.29) is 18.1 Å². The molecule has 6 nitrogen and oxygen atoms in total. The maximum absolute atomic E-state index is 13.4. The average molecular weight is 376 g/mol. The molecule has 8 heteroatoms. The van der Waals surface area contributed by atoms with Crippen LogP contribution in [0.3, 0.4) is 0 Å². The van der Waals surface area contributed by atoms with Crippen molar-refractivity contribution in [3.8, 4) is 0 Å². The highest BCUT2D eigenvalue weighted by Crippen LogP contribution is 2.26. The summed E-state index contributed by atoms with van der Waals surface area (Å²) < 4.78 is 29.3. The molecule has 3 heterocycles. The number of halogens is 2. The number of hydrogen-bond acceptors (Lipinski definition) is 3. The van der Waals surface area contributed by atoms with E-state index >= 15 is 0 Å². The van der Waals surface area contributed by atoms with E-state index in [0.29, 0.717) is 30.1 Å². The molecule has 0 bridgehead atoms. The van der Waals surface area contributed by atoms with Crippen LogP contribution in [0.4, 0.5) is 8.78 Å². The highest BCUT2D eigenvalue weighted by atomic mass is 19.2. The van der Waals surface area contributed by atoms with Gasteiger partial charge in [-0.2, -0.15) is 5.10 Å². The van der Waals surface area contributed by atoms with Crippen molar-refractivity contribution in [2.45, 2.75) is 45.2 Å². The van der Waals surface area contributed by atoms with Gasteiger partial charge in [0.2, 0.25) is 5.91 Å². The van der Waals surface area contributed by atoms with Gasteiger partial charge >= 0.3 is 5.69 Å². The first-order valence-electron chi connectivity index (χ1n) is 9.35. The number of rotatable bonds is 3. The summed E-state index contributed by atoms with van der Waals surface area (Å²) in [5.74, 6) is -0.847. The Balaban J connectivity index is 1.62. The van der Waals surface area contributed by atoms with Crippen molar-refractivity contribution in [1.82, 2.24) is 19.2 Å². The first kappa shape index (κ1) is 17.9. The third kappa shape index (κ3) is 3.28. The molecule has 2 aromatic rings. The zero-order chi connectivity index (χ0) is 19.1. The maximum atomic E-state index is 13.4. The van der Waals surface area contributed by atoms with Crippen LogP contribution in [-0.2, 0) is 17.8 Å². The summed E-state index contributed by atoms with van der Waals surface area (Å²) in [7, 11) is 0. The van der Waals surface area contributed by atoms with Crippen LogP contribution in [0, 0.1) is 17.6 Å². The molecule has 0 N–H and O–H groups in total. The first-order valence-corrected chi connectivity index (χ1v) is 9.35. The Bertz CT molecular complexity index is 936. The fourth-order valence-electron chi connectivity index (χ4n) is 4.03. The molecule has 1 aromatic carbocycles. The quantitative estimate of drug-likeness (QED) is 0.825. The van der Waals surface area contributed by atoms with Gasteiger partial charge in [0.25, 0.3) is 0 Å². The molecule has 2 aliphatic heterocycles. The lowest BCUT2D eigenvalue weighted by Gasteiger charge is -2.27. The Hall–Kier alpha value is -2.51. The lowest BCUT2D eigenvalue weighted by molar-refractivity contribution is -0.134. The fraction of sp³-hybridized carbons (Fsp3) is 0.526. The third-order valence-electron chi connectivity index (χ3n) is 5.47. The largest absolute Gasteiger partial charge is 0.346 e. The molecular weight excluding hydrogens is 354 g/mol. The minimum atomic E-state index is -0.958. The molecule has 4 rings (SSSR count). The van der Waals surface area contributed by atoms with Gasteiger partial charge in [-0.15, -0.1) is 0 Å². The molecule has 27 heavy (non-hydrogen) atoms. The average Bonchev–Trinajstić information content (AvgIpc) is 3.21. The minimum Gasteiger partial charge on any atom is -0.341 e. The Morgan fingerprint density at radius 2 is 2.07 bits per heavy atom. The van der Waals surface area contributed by atoms with Crippen LogP contribution in [-0.4, -0.2) is 38.2 Å². The topological polar surface area (TPSA) is 60.1 Å². The lowest BCUT2D eigenvalue weighted by Crippen LogP contribution is -2.41. The second-order valence-electron chi connectivity index (χ2n) is 7.56. The zero-order valence-electron chi connectivity index (χ0n) is 15.2. The number of fused-ring (bicyclic) bond motifs is 1. The van der Waals surface area contributed by atoms with E-state index in [4.69, 9.17) is 0 Å². The fourth-order valence-corrected chi connectivity index (χ4v) is 4.03. The third-order valence-corrected chi connectivity index (χ3v) is 5.47. The van der Waals surface area contributed by atoms with Crippen molar-refractivity contribution in [3.05, 3.63) is 51.7 Å². The second-order valence-corrected chi connectivity index (χ2v) is 7.56. The lowest BCUT2D eigenvalue weighted by atomic mass is 10.0. The molecule has 1 aromatic heterocycles.